The number of rotatable bonds is 24. The summed E-state index contributed by atoms with van der Waals surface area (Å²) < 4.78 is 24.0. The minimum atomic E-state index is -2.93. The first-order valence-electron chi connectivity index (χ1n) is 24.9. The second-order valence-corrected chi connectivity index (χ2v) is 24.4. The van der Waals surface area contributed by atoms with Crippen molar-refractivity contribution in [1.29, 1.82) is 0 Å². The molecule has 4 amide bonds. The van der Waals surface area contributed by atoms with Crippen LogP contribution in [0.2, 0.25) is 5.04 Å². The average molecular weight is 1010 g/mol. The number of hydrogen-bond acceptors (Lipinski definition) is 11. The Labute approximate surface area is 427 Å². The number of amides is 4. The van der Waals surface area contributed by atoms with Crippen molar-refractivity contribution in [3.63, 3.8) is 0 Å². The zero-order chi connectivity index (χ0) is 51.1. The molecule has 2 aliphatic rings. The summed E-state index contributed by atoms with van der Waals surface area (Å²) in [5, 5.41) is 14.6. The number of carbonyl (C=O) groups is 4. The van der Waals surface area contributed by atoms with Crippen molar-refractivity contribution in [2.45, 2.75) is 82.7 Å². The second kappa shape index (κ2) is 25.3. The quantitative estimate of drug-likeness (QED) is 0.00902. The van der Waals surface area contributed by atoms with Gasteiger partial charge in [0.25, 0.3) is 14.2 Å². The highest BCUT2D eigenvalue weighted by atomic mass is 32.2. The van der Waals surface area contributed by atoms with Gasteiger partial charge in [-0.3, -0.25) is 9.59 Å². The highest BCUT2D eigenvalue weighted by Crippen LogP contribution is 2.37. The highest BCUT2D eigenvalue weighted by Gasteiger charge is 2.50. The number of fused-ring (bicyclic) bond motifs is 2. The van der Waals surface area contributed by atoms with Crippen LogP contribution in [0.1, 0.15) is 76.2 Å². The lowest BCUT2D eigenvalue weighted by molar-refractivity contribution is -0.140. The fourth-order valence-electron chi connectivity index (χ4n) is 9.35. The van der Waals surface area contributed by atoms with Gasteiger partial charge in [-0.2, -0.15) is 11.8 Å². The van der Waals surface area contributed by atoms with Gasteiger partial charge in [0.15, 0.2) is 0 Å². The first-order chi connectivity index (χ1) is 34.8. The number of carbonyl (C=O) groups excluding carboxylic acids is 4. The van der Waals surface area contributed by atoms with Gasteiger partial charge in [-0.25, -0.2) is 14.4 Å². The number of ether oxygens (including phenoxy) is 2. The van der Waals surface area contributed by atoms with Crippen molar-refractivity contribution in [2.75, 3.05) is 62.0 Å². The van der Waals surface area contributed by atoms with Gasteiger partial charge in [-0.15, -0.1) is 0 Å². The Balaban J connectivity index is 0.951. The van der Waals surface area contributed by atoms with Crippen molar-refractivity contribution in [1.82, 2.24) is 16.0 Å². The second-order valence-electron chi connectivity index (χ2n) is 18.9. The number of urea groups is 1. The van der Waals surface area contributed by atoms with E-state index in [1.54, 1.807) is 18.2 Å². The lowest BCUT2D eigenvalue weighted by atomic mass is 10.0. The SMILES string of the molecule is CCN(CC)c1ccc2cc(C(=O)NCCOCCOC(=O)C(/C=C/c3ccc(NC(=O)CCCC[C@@H]4SC[C@@H]5NC(=O)N[C@@H]54)cc3)=C/CO[Si](c3ccccc3)(c3ccccc3)C(C)(C)C)c(=O)oc2c1. The van der Waals surface area contributed by atoms with Gasteiger partial charge in [0.2, 0.25) is 5.91 Å². The van der Waals surface area contributed by atoms with Crippen molar-refractivity contribution in [2.24, 2.45) is 0 Å². The van der Waals surface area contributed by atoms with Crippen LogP contribution in [-0.2, 0) is 23.5 Å². The van der Waals surface area contributed by atoms with Crippen LogP contribution < -0.4 is 42.2 Å². The van der Waals surface area contributed by atoms with Gasteiger partial charge in [0.05, 0.1) is 37.5 Å². The molecule has 3 heterocycles. The van der Waals surface area contributed by atoms with Gasteiger partial charge < -0.3 is 44.5 Å². The maximum atomic E-state index is 13.8. The number of nitrogens with zero attached hydrogens (tertiary/aromatic N) is 1. The van der Waals surface area contributed by atoms with Crippen LogP contribution in [0.15, 0.2) is 136 Å². The fourth-order valence-corrected chi connectivity index (χ4v) is 15.4. The van der Waals surface area contributed by atoms with Crippen LogP contribution >= 0.6 is 11.8 Å². The number of nitrogens with one attached hydrogen (secondary N) is 4. The van der Waals surface area contributed by atoms with Crippen molar-refractivity contribution >= 4 is 82.7 Å². The zero-order valence-electron chi connectivity index (χ0n) is 41.9. The standard InChI is InChI=1S/C56H67N5O9SSi/c1-6-61(7-2)43-29-26-41-36-46(54(65)70-48(41)37-43)52(63)57-31-33-67-34-35-68-53(64)40(30-32-69-72(56(3,4)5,44-16-10-8-11-17-44)45-18-12-9-13-19-45)25-22-39-23-27-42(28-24-39)58-50(62)21-15-14-20-49-51-47(38-71-49)59-55(66)60-51/h8-13,16-19,22-30,36-37,47,49,51H,6-7,14-15,20-21,31-35,38H2,1-5H3,(H,57,63)(H,58,62)(H2,59,60,66)/b25-22+,40-30+/t47-,49-,51-/m0/s1. The lowest BCUT2D eigenvalue weighted by Gasteiger charge is -2.42. The third-order valence-corrected chi connectivity index (χ3v) is 19.6. The third kappa shape index (κ3) is 13.5. The number of hydrogen-bond donors (Lipinski definition) is 4. The Morgan fingerprint density at radius 3 is 2.25 bits per heavy atom. The number of anilines is 2. The molecule has 1 aromatic heterocycles. The van der Waals surface area contributed by atoms with E-state index in [1.165, 1.54) is 6.07 Å². The summed E-state index contributed by atoms with van der Waals surface area (Å²) in [7, 11) is -2.93. The molecule has 0 unspecified atom stereocenters. The Kier molecular flexibility index (Phi) is 18.7. The Hall–Kier alpha value is -6.46. The van der Waals surface area contributed by atoms with E-state index in [0.717, 1.165) is 59.7 Å². The summed E-state index contributed by atoms with van der Waals surface area (Å²) in [4.78, 5) is 66.3. The summed E-state index contributed by atoms with van der Waals surface area (Å²) in [5.74, 6) is -0.291. The number of esters is 1. The molecule has 0 bridgehead atoms. The first kappa shape index (κ1) is 53.3. The minimum Gasteiger partial charge on any atom is -0.460 e. The normalized spacial score (nSPS) is 16.8. The Bertz CT molecular complexity index is 2720. The molecule has 2 saturated heterocycles. The summed E-state index contributed by atoms with van der Waals surface area (Å²) in [5.41, 5.74) is 2.27. The molecule has 0 radical (unpaired) electrons. The molecule has 16 heteroatoms. The fraction of sp³-hybridized carbons (Fsp3) is 0.375. The lowest BCUT2D eigenvalue weighted by Crippen LogP contribution is -2.66. The molecule has 4 aromatic carbocycles. The highest BCUT2D eigenvalue weighted by molar-refractivity contribution is 8.00. The summed E-state index contributed by atoms with van der Waals surface area (Å²) in [6.07, 6.45) is 8.26. The molecule has 5 aromatic rings. The maximum Gasteiger partial charge on any atom is 0.349 e. The molecular weight excluding hydrogens is 947 g/mol. The van der Waals surface area contributed by atoms with E-state index in [1.807, 2.05) is 90.6 Å². The van der Waals surface area contributed by atoms with Gasteiger partial charge in [0.1, 0.15) is 17.8 Å². The first-order valence-corrected chi connectivity index (χ1v) is 27.8. The van der Waals surface area contributed by atoms with Crippen LogP contribution in [0.5, 0.6) is 0 Å². The molecule has 0 saturated carbocycles. The predicted octanol–water partition coefficient (Wildman–Crippen LogP) is 7.81. The summed E-state index contributed by atoms with van der Waals surface area (Å²) in [6, 6.07) is 35.3. The van der Waals surface area contributed by atoms with E-state index in [9.17, 15) is 24.0 Å². The largest absolute Gasteiger partial charge is 0.460 e. The maximum absolute atomic E-state index is 13.8. The number of thioether (sulfide) groups is 1. The third-order valence-electron chi connectivity index (χ3n) is 13.1. The van der Waals surface area contributed by atoms with E-state index in [-0.39, 0.29) is 73.2 Å². The molecule has 4 N–H and O–H groups in total. The predicted molar refractivity (Wildman–Crippen MR) is 290 cm³/mol. The van der Waals surface area contributed by atoms with Crippen molar-refractivity contribution < 1.29 is 37.5 Å². The van der Waals surface area contributed by atoms with Crippen LogP contribution in [-0.4, -0.2) is 101 Å². The monoisotopic (exact) mass is 1010 g/mol. The van der Waals surface area contributed by atoms with Gasteiger partial charge in [0, 0.05) is 59.9 Å². The molecule has 2 aliphatic heterocycles. The molecule has 380 valence electrons. The smallest absolute Gasteiger partial charge is 0.349 e. The van der Waals surface area contributed by atoms with Crippen LogP contribution in [0.3, 0.4) is 0 Å². The van der Waals surface area contributed by atoms with E-state index < -0.39 is 25.8 Å². The Morgan fingerprint density at radius 2 is 1.57 bits per heavy atom. The molecule has 7 rings (SSSR count). The number of unbranched alkanes of at least 4 members (excludes halogenated alkanes) is 1. The van der Waals surface area contributed by atoms with E-state index in [2.05, 4.69) is 85.1 Å². The van der Waals surface area contributed by atoms with Gasteiger partial charge in [-0.1, -0.05) is 106 Å². The van der Waals surface area contributed by atoms with Gasteiger partial charge >= 0.3 is 17.6 Å². The molecule has 14 nitrogen and oxygen atoms in total. The molecule has 0 spiro atoms. The van der Waals surface area contributed by atoms with Crippen molar-refractivity contribution in [3.05, 3.63) is 148 Å². The van der Waals surface area contributed by atoms with Crippen LogP contribution in [0.4, 0.5) is 16.2 Å². The molecule has 2 fully saturated rings. The average Bonchev–Trinajstić information content (AvgIpc) is 3.94. The molecule has 3 atom stereocenters. The number of benzene rings is 4. The minimum absolute atomic E-state index is 0.0537. The zero-order valence-corrected chi connectivity index (χ0v) is 43.7. The summed E-state index contributed by atoms with van der Waals surface area (Å²) in [6.45, 7) is 12.7. The molecule has 0 aliphatic carbocycles. The Morgan fingerprint density at radius 1 is 0.861 bits per heavy atom. The van der Waals surface area contributed by atoms with Crippen LogP contribution in [0, 0.1) is 0 Å². The topological polar surface area (TPSA) is 178 Å². The van der Waals surface area contributed by atoms with E-state index in [4.69, 9.17) is 18.3 Å². The van der Waals surface area contributed by atoms with E-state index >= 15 is 0 Å². The molecular formula is C56H67N5O9SSi. The van der Waals surface area contributed by atoms with E-state index in [0.29, 0.717) is 28.3 Å². The van der Waals surface area contributed by atoms with Gasteiger partial charge in [-0.05, 0) is 90.1 Å². The summed E-state index contributed by atoms with van der Waals surface area (Å²) >= 11 is 1.88. The van der Waals surface area contributed by atoms with Crippen molar-refractivity contribution in [3.8, 4) is 0 Å². The van der Waals surface area contributed by atoms with Crippen LogP contribution in [0.25, 0.3) is 17.0 Å². The molecule has 72 heavy (non-hydrogen) atoms.